The summed E-state index contributed by atoms with van der Waals surface area (Å²) in [6.45, 7) is 5.04. The lowest BCUT2D eigenvalue weighted by Gasteiger charge is -2.11. The number of carbonyl (C=O) groups is 2. The molecule has 0 aromatic carbocycles. The minimum Gasteiger partial charge on any atom is -0.480 e. The molecule has 0 radical (unpaired) electrons. The van der Waals surface area contributed by atoms with Gasteiger partial charge in [0.2, 0.25) is 5.76 Å². The number of nitrogens with one attached hydrogen (secondary N) is 1. The molecule has 6 nitrogen and oxygen atoms in total. The molecule has 0 aliphatic heterocycles. The molecule has 1 aromatic heterocycles. The van der Waals surface area contributed by atoms with Crippen molar-refractivity contribution < 1.29 is 19.1 Å². The van der Waals surface area contributed by atoms with Crippen LogP contribution in [0.2, 0.25) is 0 Å². The molecule has 0 aliphatic rings. The van der Waals surface area contributed by atoms with Crippen molar-refractivity contribution in [2.24, 2.45) is 0 Å². The summed E-state index contributed by atoms with van der Waals surface area (Å²) < 4.78 is 5.13. The number of hydrogen-bond acceptors (Lipinski definition) is 4. The molecule has 6 heteroatoms. The minimum absolute atomic E-state index is 0.0548. The van der Waals surface area contributed by atoms with Gasteiger partial charge in [0.05, 0.1) is 5.69 Å². The summed E-state index contributed by atoms with van der Waals surface area (Å²) in [7, 11) is 0. The van der Waals surface area contributed by atoms with Gasteiger partial charge in [-0.1, -0.05) is 12.2 Å². The quantitative estimate of drug-likeness (QED) is 0.773. The number of aromatic nitrogens is 1. The lowest BCUT2D eigenvalue weighted by molar-refractivity contribution is -0.139. The number of allylic oxidation sites excluding steroid dienone is 1. The maximum absolute atomic E-state index is 11.8. The van der Waals surface area contributed by atoms with Gasteiger partial charge in [0, 0.05) is 6.92 Å². The molecule has 98 valence electrons. The van der Waals surface area contributed by atoms with Crippen molar-refractivity contribution in [3.8, 4) is 0 Å². The van der Waals surface area contributed by atoms with Crippen LogP contribution in [0.4, 0.5) is 0 Å². The summed E-state index contributed by atoms with van der Waals surface area (Å²) >= 11 is 0. The fourth-order valence-corrected chi connectivity index (χ4v) is 1.46. The summed E-state index contributed by atoms with van der Waals surface area (Å²) in [6, 6.07) is -0.974. The van der Waals surface area contributed by atoms with Crippen molar-refractivity contribution in [2.45, 2.75) is 33.2 Å². The van der Waals surface area contributed by atoms with Crippen LogP contribution in [0, 0.1) is 13.8 Å². The van der Waals surface area contributed by atoms with Crippen LogP contribution < -0.4 is 5.32 Å². The molecule has 1 amide bonds. The van der Waals surface area contributed by atoms with Gasteiger partial charge in [-0.3, -0.25) is 4.79 Å². The molecule has 1 heterocycles. The standard InChI is InChI=1S/C12H16N2O4/c1-4-5-6-9(12(16)17)14-11(15)10-7(2)13-8(3)18-10/h4-5,9H,6H2,1-3H3,(H,14,15)(H,16,17)/b5-4+. The molecular formula is C12H16N2O4. The van der Waals surface area contributed by atoms with Crippen molar-refractivity contribution in [3.05, 3.63) is 29.5 Å². The van der Waals surface area contributed by atoms with E-state index in [4.69, 9.17) is 9.52 Å². The van der Waals surface area contributed by atoms with Crippen LogP contribution in [-0.2, 0) is 4.79 Å². The largest absolute Gasteiger partial charge is 0.480 e. The van der Waals surface area contributed by atoms with Crippen LogP contribution in [0.25, 0.3) is 0 Å². The minimum atomic E-state index is -1.09. The van der Waals surface area contributed by atoms with Gasteiger partial charge in [-0.05, 0) is 20.3 Å². The Morgan fingerprint density at radius 3 is 2.61 bits per heavy atom. The van der Waals surface area contributed by atoms with Crippen LogP contribution in [0.3, 0.4) is 0 Å². The van der Waals surface area contributed by atoms with Gasteiger partial charge in [0.25, 0.3) is 5.91 Å². The third kappa shape index (κ3) is 3.44. The average Bonchev–Trinajstić information content (AvgIpc) is 2.63. The Morgan fingerprint density at radius 1 is 1.50 bits per heavy atom. The van der Waals surface area contributed by atoms with Gasteiger partial charge < -0.3 is 14.8 Å². The van der Waals surface area contributed by atoms with Gasteiger partial charge in [0.15, 0.2) is 5.89 Å². The first kappa shape index (κ1) is 14.0. The van der Waals surface area contributed by atoms with Crippen LogP contribution in [0.15, 0.2) is 16.6 Å². The van der Waals surface area contributed by atoms with E-state index in [-0.39, 0.29) is 12.2 Å². The van der Waals surface area contributed by atoms with Gasteiger partial charge >= 0.3 is 5.97 Å². The molecule has 0 spiro atoms. The molecule has 1 aromatic rings. The normalized spacial score (nSPS) is 12.6. The molecule has 0 saturated heterocycles. The second kappa shape index (κ2) is 6.00. The fraction of sp³-hybridized carbons (Fsp3) is 0.417. The van der Waals surface area contributed by atoms with E-state index < -0.39 is 17.9 Å². The predicted molar refractivity (Wildman–Crippen MR) is 64.3 cm³/mol. The third-order valence-electron chi connectivity index (χ3n) is 2.32. The number of carboxylic acids is 1. The maximum Gasteiger partial charge on any atom is 0.326 e. The summed E-state index contributed by atoms with van der Waals surface area (Å²) in [5, 5.41) is 11.4. The Kier molecular flexibility index (Phi) is 4.65. The van der Waals surface area contributed by atoms with Gasteiger partial charge in [-0.15, -0.1) is 0 Å². The first-order valence-corrected chi connectivity index (χ1v) is 5.54. The number of aryl methyl sites for hydroxylation is 2. The van der Waals surface area contributed by atoms with E-state index in [2.05, 4.69) is 10.3 Å². The Morgan fingerprint density at radius 2 is 2.17 bits per heavy atom. The molecule has 0 fully saturated rings. The molecule has 0 aliphatic carbocycles. The van der Waals surface area contributed by atoms with E-state index in [9.17, 15) is 9.59 Å². The van der Waals surface area contributed by atoms with Crippen LogP contribution in [0.5, 0.6) is 0 Å². The summed E-state index contributed by atoms with van der Waals surface area (Å²) in [4.78, 5) is 26.7. The molecule has 0 bridgehead atoms. The number of carboxylic acid groups (broad SMARTS) is 1. The van der Waals surface area contributed by atoms with E-state index in [1.165, 1.54) is 0 Å². The Hall–Kier alpha value is -2.11. The number of aliphatic carboxylic acids is 1. The van der Waals surface area contributed by atoms with Gasteiger partial charge in [-0.2, -0.15) is 0 Å². The Labute approximate surface area is 105 Å². The molecule has 2 N–H and O–H groups in total. The first-order chi connectivity index (χ1) is 8.45. The number of hydrogen-bond donors (Lipinski definition) is 2. The van der Waals surface area contributed by atoms with Crippen molar-refractivity contribution in [1.29, 1.82) is 0 Å². The SMILES string of the molecule is C/C=C/CC(NC(=O)c1oc(C)nc1C)C(=O)O. The highest BCUT2D eigenvalue weighted by Gasteiger charge is 2.23. The van der Waals surface area contributed by atoms with Crippen LogP contribution in [0.1, 0.15) is 35.5 Å². The molecular weight excluding hydrogens is 236 g/mol. The van der Waals surface area contributed by atoms with E-state index in [1.54, 1.807) is 32.9 Å². The highest BCUT2D eigenvalue weighted by atomic mass is 16.4. The second-order valence-electron chi connectivity index (χ2n) is 3.82. The molecule has 0 saturated carbocycles. The number of amides is 1. The Bertz CT molecular complexity index is 476. The molecule has 1 rings (SSSR count). The Balaban J connectivity index is 2.78. The fourth-order valence-electron chi connectivity index (χ4n) is 1.46. The van der Waals surface area contributed by atoms with Crippen molar-refractivity contribution in [3.63, 3.8) is 0 Å². The smallest absolute Gasteiger partial charge is 0.326 e. The van der Waals surface area contributed by atoms with E-state index >= 15 is 0 Å². The monoisotopic (exact) mass is 252 g/mol. The maximum atomic E-state index is 11.8. The highest BCUT2D eigenvalue weighted by molar-refractivity contribution is 5.95. The second-order valence-corrected chi connectivity index (χ2v) is 3.82. The van der Waals surface area contributed by atoms with Gasteiger partial charge in [-0.25, -0.2) is 9.78 Å². The molecule has 1 atom stereocenters. The zero-order valence-corrected chi connectivity index (χ0v) is 10.6. The zero-order chi connectivity index (χ0) is 13.7. The lowest BCUT2D eigenvalue weighted by atomic mass is 10.2. The summed E-state index contributed by atoms with van der Waals surface area (Å²) in [5.41, 5.74) is 0.445. The van der Waals surface area contributed by atoms with Crippen LogP contribution in [-0.4, -0.2) is 28.0 Å². The summed E-state index contributed by atoms with van der Waals surface area (Å²) in [5.74, 6) is -1.22. The first-order valence-electron chi connectivity index (χ1n) is 5.54. The predicted octanol–water partition coefficient (Wildman–Crippen LogP) is 1.44. The van der Waals surface area contributed by atoms with Gasteiger partial charge in [0.1, 0.15) is 6.04 Å². The number of oxazole rings is 1. The van der Waals surface area contributed by atoms with Crippen LogP contribution >= 0.6 is 0 Å². The number of carbonyl (C=O) groups excluding carboxylic acids is 1. The highest BCUT2D eigenvalue weighted by Crippen LogP contribution is 2.09. The topological polar surface area (TPSA) is 92.4 Å². The van der Waals surface area contributed by atoms with Crippen molar-refractivity contribution in [1.82, 2.24) is 10.3 Å². The van der Waals surface area contributed by atoms with E-state index in [0.29, 0.717) is 11.6 Å². The summed E-state index contributed by atoms with van der Waals surface area (Å²) in [6.07, 6.45) is 3.63. The van der Waals surface area contributed by atoms with Crippen molar-refractivity contribution in [2.75, 3.05) is 0 Å². The van der Waals surface area contributed by atoms with E-state index in [1.807, 2.05) is 0 Å². The third-order valence-corrected chi connectivity index (χ3v) is 2.32. The van der Waals surface area contributed by atoms with E-state index in [0.717, 1.165) is 0 Å². The number of nitrogens with zero attached hydrogens (tertiary/aromatic N) is 1. The molecule has 1 unspecified atom stereocenters. The zero-order valence-electron chi connectivity index (χ0n) is 10.6. The lowest BCUT2D eigenvalue weighted by Crippen LogP contribution is -2.40. The average molecular weight is 252 g/mol. The molecule has 18 heavy (non-hydrogen) atoms. The number of rotatable bonds is 5. The van der Waals surface area contributed by atoms with Crippen molar-refractivity contribution >= 4 is 11.9 Å².